The van der Waals surface area contributed by atoms with Crippen molar-refractivity contribution < 1.29 is 4.39 Å². The van der Waals surface area contributed by atoms with Gasteiger partial charge in [-0.2, -0.15) is 0 Å². The summed E-state index contributed by atoms with van der Waals surface area (Å²) < 4.78 is 13.2. The maximum absolute atomic E-state index is 13.2. The van der Waals surface area contributed by atoms with E-state index in [0.29, 0.717) is 11.6 Å². The minimum Gasteiger partial charge on any atom is -0.329 e. The number of halogens is 2. The minimum atomic E-state index is -0.315. The molecule has 0 aliphatic carbocycles. The average molecular weight is 302 g/mol. The normalized spacial score (nSPS) is 13.2. The van der Waals surface area contributed by atoms with Crippen molar-refractivity contribution in [3.8, 4) is 0 Å². The Morgan fingerprint density at radius 1 is 1.30 bits per heavy atom. The zero-order valence-electron chi connectivity index (χ0n) is 12.6. The highest BCUT2D eigenvalue weighted by Crippen LogP contribution is 2.27. The van der Waals surface area contributed by atoms with Gasteiger partial charge in [0, 0.05) is 24.2 Å². The highest BCUT2D eigenvalue weighted by atomic mass is 35.5. The molecule has 0 saturated carbocycles. The molecule has 0 aromatic heterocycles. The second-order valence-corrected chi connectivity index (χ2v) is 5.61. The molecule has 5 heteroatoms. The first kappa shape index (κ1) is 17.4. The molecule has 0 radical (unpaired) electrons. The molecule has 114 valence electrons. The van der Waals surface area contributed by atoms with Gasteiger partial charge in [-0.3, -0.25) is 4.90 Å². The largest absolute Gasteiger partial charge is 0.329 e. The van der Waals surface area contributed by atoms with Crippen molar-refractivity contribution in [2.75, 3.05) is 40.3 Å². The number of hydrogen-bond donors (Lipinski definition) is 1. The van der Waals surface area contributed by atoms with E-state index in [1.54, 1.807) is 6.07 Å². The monoisotopic (exact) mass is 301 g/mol. The molecule has 2 N–H and O–H groups in total. The van der Waals surface area contributed by atoms with Gasteiger partial charge in [0.05, 0.1) is 0 Å². The Balaban J connectivity index is 2.80. The average Bonchev–Trinajstić information content (AvgIpc) is 2.39. The van der Waals surface area contributed by atoms with Gasteiger partial charge in [0.25, 0.3) is 0 Å². The summed E-state index contributed by atoms with van der Waals surface area (Å²) in [5, 5.41) is 0.450. The number of hydrogen-bond acceptors (Lipinski definition) is 3. The highest BCUT2D eigenvalue weighted by molar-refractivity contribution is 6.31. The third kappa shape index (κ3) is 5.02. The molecule has 1 atom stereocenters. The van der Waals surface area contributed by atoms with E-state index in [2.05, 4.69) is 30.8 Å². The second kappa shape index (κ2) is 8.57. The molecule has 20 heavy (non-hydrogen) atoms. The minimum absolute atomic E-state index is 0.0373. The van der Waals surface area contributed by atoms with Gasteiger partial charge in [-0.25, -0.2) is 4.39 Å². The smallest absolute Gasteiger partial charge is 0.124 e. The molecule has 0 heterocycles. The van der Waals surface area contributed by atoms with Crippen molar-refractivity contribution >= 4 is 11.6 Å². The maximum atomic E-state index is 13.2. The third-order valence-electron chi connectivity index (χ3n) is 3.44. The van der Waals surface area contributed by atoms with E-state index in [9.17, 15) is 4.39 Å². The van der Waals surface area contributed by atoms with Crippen molar-refractivity contribution in [2.45, 2.75) is 19.4 Å². The van der Waals surface area contributed by atoms with Crippen LogP contribution in [0.25, 0.3) is 0 Å². The highest BCUT2D eigenvalue weighted by Gasteiger charge is 2.20. The van der Waals surface area contributed by atoms with E-state index >= 15 is 0 Å². The molecule has 0 amide bonds. The fraction of sp³-hybridized carbons (Fsp3) is 0.600. The Morgan fingerprint density at radius 3 is 2.50 bits per heavy atom. The third-order valence-corrected chi connectivity index (χ3v) is 3.77. The lowest BCUT2D eigenvalue weighted by atomic mass is 10.0. The van der Waals surface area contributed by atoms with Crippen LogP contribution in [-0.4, -0.2) is 50.1 Å². The molecule has 1 rings (SSSR count). The summed E-state index contributed by atoms with van der Waals surface area (Å²) in [6.07, 6.45) is 1.07. The van der Waals surface area contributed by atoms with Crippen molar-refractivity contribution in [1.82, 2.24) is 9.80 Å². The van der Waals surface area contributed by atoms with E-state index in [0.717, 1.165) is 31.6 Å². The van der Waals surface area contributed by atoms with E-state index in [-0.39, 0.29) is 11.9 Å². The Hall–Kier alpha value is -0.680. The van der Waals surface area contributed by atoms with Gasteiger partial charge in [0.1, 0.15) is 5.82 Å². The van der Waals surface area contributed by atoms with Crippen molar-refractivity contribution in [2.24, 2.45) is 5.73 Å². The van der Waals surface area contributed by atoms with Gasteiger partial charge < -0.3 is 10.6 Å². The molecule has 0 saturated heterocycles. The van der Waals surface area contributed by atoms with Crippen LogP contribution < -0.4 is 5.73 Å². The Morgan fingerprint density at radius 2 is 2.00 bits per heavy atom. The summed E-state index contributed by atoms with van der Waals surface area (Å²) in [4.78, 5) is 4.46. The summed E-state index contributed by atoms with van der Waals surface area (Å²) in [7, 11) is 4.13. The molecule has 0 spiro atoms. The van der Waals surface area contributed by atoms with Gasteiger partial charge in [-0.1, -0.05) is 24.6 Å². The first-order valence-electron chi connectivity index (χ1n) is 7.03. The Bertz CT molecular complexity index is 412. The molecule has 1 aromatic rings. The predicted octanol–water partition coefficient (Wildman–Crippen LogP) is 2.75. The second-order valence-electron chi connectivity index (χ2n) is 5.20. The van der Waals surface area contributed by atoms with Crippen LogP contribution >= 0.6 is 11.6 Å². The number of rotatable bonds is 8. The SMILES string of the molecule is CCN(CCCN(C)C)C(CN)c1ccc(F)cc1Cl. The lowest BCUT2D eigenvalue weighted by molar-refractivity contribution is 0.201. The molecule has 0 fully saturated rings. The molecule has 1 unspecified atom stereocenters. The molecule has 0 aliphatic heterocycles. The topological polar surface area (TPSA) is 32.5 Å². The number of nitrogens with two attached hydrogens (primary N) is 1. The van der Waals surface area contributed by atoms with E-state index in [4.69, 9.17) is 17.3 Å². The van der Waals surface area contributed by atoms with Crippen LogP contribution in [0.15, 0.2) is 18.2 Å². The van der Waals surface area contributed by atoms with E-state index in [1.807, 2.05) is 0 Å². The molecule has 0 aliphatic rings. The lowest BCUT2D eigenvalue weighted by Gasteiger charge is -2.31. The number of likely N-dealkylation sites (N-methyl/N-ethyl adjacent to an activating group) is 1. The predicted molar refractivity (Wildman–Crippen MR) is 83.6 cm³/mol. The van der Waals surface area contributed by atoms with E-state index < -0.39 is 0 Å². The molecule has 1 aromatic carbocycles. The van der Waals surface area contributed by atoms with Crippen LogP contribution in [0.2, 0.25) is 5.02 Å². The molecule has 0 bridgehead atoms. The van der Waals surface area contributed by atoms with Gasteiger partial charge >= 0.3 is 0 Å². The fourth-order valence-corrected chi connectivity index (χ4v) is 2.66. The molecular formula is C15H25ClFN3. The number of nitrogens with zero attached hydrogens (tertiary/aromatic N) is 2. The van der Waals surface area contributed by atoms with Gasteiger partial charge in [-0.05, 0) is 51.3 Å². The van der Waals surface area contributed by atoms with E-state index in [1.165, 1.54) is 12.1 Å². The summed E-state index contributed by atoms with van der Waals surface area (Å²) in [5.74, 6) is -0.315. The Kier molecular flexibility index (Phi) is 7.45. The van der Waals surface area contributed by atoms with Gasteiger partial charge in [0.15, 0.2) is 0 Å². The van der Waals surface area contributed by atoms with Crippen LogP contribution in [0.3, 0.4) is 0 Å². The first-order chi connectivity index (χ1) is 9.49. The van der Waals surface area contributed by atoms with Crippen molar-refractivity contribution in [1.29, 1.82) is 0 Å². The standard InChI is InChI=1S/C15H25ClFN3/c1-4-20(9-5-8-19(2)3)15(11-18)13-7-6-12(17)10-14(13)16/h6-7,10,15H,4-5,8-9,11,18H2,1-3H3. The van der Waals surface area contributed by atoms with Crippen LogP contribution in [0, 0.1) is 5.82 Å². The van der Waals surface area contributed by atoms with Crippen molar-refractivity contribution in [3.63, 3.8) is 0 Å². The van der Waals surface area contributed by atoms with Crippen LogP contribution in [0.1, 0.15) is 24.9 Å². The quantitative estimate of drug-likeness (QED) is 0.801. The zero-order chi connectivity index (χ0) is 15.1. The summed E-state index contributed by atoms with van der Waals surface area (Å²) in [5.41, 5.74) is 6.82. The van der Waals surface area contributed by atoms with Crippen LogP contribution in [0.4, 0.5) is 4.39 Å². The summed E-state index contributed by atoms with van der Waals surface area (Å²) in [6, 6.07) is 4.57. The molecule has 3 nitrogen and oxygen atoms in total. The fourth-order valence-electron chi connectivity index (χ4n) is 2.37. The lowest BCUT2D eigenvalue weighted by Crippen LogP contribution is -2.35. The molecular weight excluding hydrogens is 277 g/mol. The van der Waals surface area contributed by atoms with Gasteiger partial charge in [-0.15, -0.1) is 0 Å². The Labute approximate surface area is 126 Å². The van der Waals surface area contributed by atoms with Gasteiger partial charge in [0.2, 0.25) is 0 Å². The maximum Gasteiger partial charge on any atom is 0.124 e. The van der Waals surface area contributed by atoms with Crippen LogP contribution in [-0.2, 0) is 0 Å². The van der Waals surface area contributed by atoms with Crippen molar-refractivity contribution in [3.05, 3.63) is 34.6 Å². The number of benzene rings is 1. The zero-order valence-corrected chi connectivity index (χ0v) is 13.3. The first-order valence-corrected chi connectivity index (χ1v) is 7.41. The summed E-state index contributed by atoms with van der Waals surface area (Å²) >= 11 is 6.16. The van der Waals surface area contributed by atoms with Crippen LogP contribution in [0.5, 0.6) is 0 Å². The summed E-state index contributed by atoms with van der Waals surface area (Å²) in [6.45, 7) is 5.45.